The Bertz CT molecular complexity index is 597. The third kappa shape index (κ3) is 1.46. The van der Waals surface area contributed by atoms with Crippen molar-refractivity contribution in [3.63, 3.8) is 0 Å². The number of carbonyl (C=O) groups is 1. The summed E-state index contributed by atoms with van der Waals surface area (Å²) in [6.45, 7) is 6.21. The van der Waals surface area contributed by atoms with Crippen molar-refractivity contribution in [3.8, 4) is 0 Å². The summed E-state index contributed by atoms with van der Waals surface area (Å²) in [5, 5.41) is 0. The van der Waals surface area contributed by atoms with Crippen LogP contribution in [0.3, 0.4) is 0 Å². The van der Waals surface area contributed by atoms with E-state index in [1.165, 1.54) is 0 Å². The molecule has 1 atom stereocenters. The number of nitrogens with zero attached hydrogens (tertiary/aromatic N) is 1. The number of rotatable bonds is 1. The fourth-order valence-corrected chi connectivity index (χ4v) is 3.27. The second kappa shape index (κ2) is 4.09. The van der Waals surface area contributed by atoms with Gasteiger partial charge in [0.05, 0.1) is 0 Å². The van der Waals surface area contributed by atoms with Gasteiger partial charge in [-0.15, -0.1) is 0 Å². The molecular formula is C17H19NO. The Morgan fingerprint density at radius 2 is 2.00 bits per heavy atom. The van der Waals surface area contributed by atoms with Crippen LogP contribution in [-0.4, -0.2) is 11.9 Å². The largest absolute Gasteiger partial charge is 0.308 e. The highest BCUT2D eigenvalue weighted by atomic mass is 16.2. The molecule has 0 aromatic heterocycles. The van der Waals surface area contributed by atoms with Crippen molar-refractivity contribution in [3.05, 3.63) is 53.6 Å². The van der Waals surface area contributed by atoms with Crippen molar-refractivity contribution in [2.75, 3.05) is 4.90 Å². The standard InChI is InChI=1S/C17H19NO/c1-12(2)18-15-10-5-4-9-14(15)17(16(18)19)11-7-6-8-13(17)3/h4-5,7-12H,6H2,1-3H3. The fraction of sp³-hybridized carbons (Fsp3) is 0.353. The molecule has 2 nitrogen and oxygen atoms in total. The van der Waals surface area contributed by atoms with Crippen LogP contribution in [0.4, 0.5) is 5.69 Å². The Hall–Kier alpha value is -1.83. The van der Waals surface area contributed by atoms with Crippen molar-refractivity contribution < 1.29 is 4.79 Å². The van der Waals surface area contributed by atoms with E-state index in [1.54, 1.807) is 0 Å². The summed E-state index contributed by atoms with van der Waals surface area (Å²) >= 11 is 0. The zero-order chi connectivity index (χ0) is 13.6. The second-order valence-electron chi connectivity index (χ2n) is 5.62. The van der Waals surface area contributed by atoms with Gasteiger partial charge < -0.3 is 4.90 Å². The zero-order valence-electron chi connectivity index (χ0n) is 11.7. The van der Waals surface area contributed by atoms with Crippen molar-refractivity contribution in [2.45, 2.75) is 38.6 Å². The highest BCUT2D eigenvalue weighted by molar-refractivity contribution is 6.12. The summed E-state index contributed by atoms with van der Waals surface area (Å²) in [6, 6.07) is 8.34. The second-order valence-corrected chi connectivity index (χ2v) is 5.62. The van der Waals surface area contributed by atoms with Gasteiger partial charge in [-0.25, -0.2) is 0 Å². The van der Waals surface area contributed by atoms with Crippen LogP contribution in [0.5, 0.6) is 0 Å². The Morgan fingerprint density at radius 3 is 2.68 bits per heavy atom. The summed E-state index contributed by atoms with van der Waals surface area (Å²) in [5.74, 6) is 0.188. The molecule has 1 aromatic carbocycles. The minimum absolute atomic E-state index is 0.177. The van der Waals surface area contributed by atoms with E-state index in [-0.39, 0.29) is 11.9 Å². The highest BCUT2D eigenvalue weighted by Gasteiger charge is 2.51. The summed E-state index contributed by atoms with van der Waals surface area (Å²) < 4.78 is 0. The van der Waals surface area contributed by atoms with Crippen LogP contribution in [0.15, 0.2) is 48.1 Å². The minimum atomic E-state index is -0.556. The van der Waals surface area contributed by atoms with Gasteiger partial charge in [-0.3, -0.25) is 4.79 Å². The lowest BCUT2D eigenvalue weighted by Gasteiger charge is -2.30. The van der Waals surface area contributed by atoms with Crippen molar-refractivity contribution in [2.24, 2.45) is 0 Å². The third-order valence-electron chi connectivity index (χ3n) is 4.21. The molecule has 0 radical (unpaired) electrons. The molecule has 1 aromatic rings. The van der Waals surface area contributed by atoms with Gasteiger partial charge in [-0.05, 0) is 38.8 Å². The monoisotopic (exact) mass is 253 g/mol. The first-order valence-electron chi connectivity index (χ1n) is 6.87. The van der Waals surface area contributed by atoms with Gasteiger partial charge in [0.15, 0.2) is 0 Å². The topological polar surface area (TPSA) is 20.3 Å². The first-order valence-corrected chi connectivity index (χ1v) is 6.87. The lowest BCUT2D eigenvalue weighted by atomic mass is 9.73. The molecule has 0 N–H and O–H groups in total. The van der Waals surface area contributed by atoms with E-state index in [9.17, 15) is 4.79 Å². The number of hydrogen-bond acceptors (Lipinski definition) is 1. The van der Waals surface area contributed by atoms with Gasteiger partial charge >= 0.3 is 0 Å². The van der Waals surface area contributed by atoms with E-state index in [0.717, 1.165) is 23.2 Å². The molecule has 1 aliphatic carbocycles. The molecule has 3 rings (SSSR count). The Kier molecular flexibility index (Phi) is 2.63. The maximum atomic E-state index is 13.0. The molecule has 19 heavy (non-hydrogen) atoms. The summed E-state index contributed by atoms with van der Waals surface area (Å²) in [6.07, 6.45) is 7.28. The highest BCUT2D eigenvalue weighted by Crippen LogP contribution is 2.49. The molecule has 1 spiro atoms. The average Bonchev–Trinajstić information content (AvgIpc) is 2.64. The van der Waals surface area contributed by atoms with Crippen LogP contribution in [-0.2, 0) is 10.2 Å². The van der Waals surface area contributed by atoms with E-state index in [4.69, 9.17) is 0 Å². The van der Waals surface area contributed by atoms with E-state index in [1.807, 2.05) is 17.0 Å². The first kappa shape index (κ1) is 12.2. The molecule has 1 amide bonds. The van der Waals surface area contributed by atoms with E-state index in [0.29, 0.717) is 0 Å². The summed E-state index contributed by atoms with van der Waals surface area (Å²) in [4.78, 5) is 15.0. The Morgan fingerprint density at radius 1 is 1.26 bits per heavy atom. The Balaban J connectivity index is 2.28. The number of anilines is 1. The van der Waals surface area contributed by atoms with Gasteiger partial charge in [-0.2, -0.15) is 0 Å². The molecule has 2 aliphatic rings. The Labute approximate surface area is 114 Å². The number of amides is 1. The van der Waals surface area contributed by atoms with Gasteiger partial charge in [0.2, 0.25) is 5.91 Å². The summed E-state index contributed by atoms with van der Waals surface area (Å²) in [5.41, 5.74) is 2.77. The number of carbonyl (C=O) groups excluding carboxylic acids is 1. The predicted octanol–water partition coefficient (Wildman–Crippen LogP) is 3.59. The third-order valence-corrected chi connectivity index (χ3v) is 4.21. The van der Waals surface area contributed by atoms with Gasteiger partial charge in [-0.1, -0.05) is 42.0 Å². The lowest BCUT2D eigenvalue weighted by Crippen LogP contribution is -2.43. The maximum Gasteiger partial charge on any atom is 0.245 e. The minimum Gasteiger partial charge on any atom is -0.308 e. The number of benzene rings is 1. The first-order chi connectivity index (χ1) is 9.09. The molecular weight excluding hydrogens is 234 g/mol. The lowest BCUT2D eigenvalue weighted by molar-refractivity contribution is -0.121. The predicted molar refractivity (Wildman–Crippen MR) is 78.3 cm³/mol. The molecule has 0 fully saturated rings. The SMILES string of the molecule is CC1=CCC=CC12C(=O)N(C(C)C)c1ccccc12. The summed E-state index contributed by atoms with van der Waals surface area (Å²) in [7, 11) is 0. The smallest absolute Gasteiger partial charge is 0.245 e. The van der Waals surface area contributed by atoms with Crippen LogP contribution >= 0.6 is 0 Å². The van der Waals surface area contributed by atoms with E-state index < -0.39 is 5.41 Å². The molecule has 1 aliphatic heterocycles. The van der Waals surface area contributed by atoms with Crippen molar-refractivity contribution in [1.82, 2.24) is 0 Å². The van der Waals surface area contributed by atoms with E-state index in [2.05, 4.69) is 51.1 Å². The molecule has 0 saturated carbocycles. The number of allylic oxidation sites excluding steroid dienone is 2. The van der Waals surface area contributed by atoms with Gasteiger partial charge in [0.1, 0.15) is 5.41 Å². The normalized spacial score (nSPS) is 25.2. The maximum absolute atomic E-state index is 13.0. The number of fused-ring (bicyclic) bond motifs is 2. The molecule has 98 valence electrons. The zero-order valence-corrected chi connectivity index (χ0v) is 11.7. The van der Waals surface area contributed by atoms with Crippen LogP contribution < -0.4 is 4.90 Å². The molecule has 1 unspecified atom stereocenters. The van der Waals surface area contributed by atoms with Crippen LogP contribution in [0, 0.1) is 0 Å². The van der Waals surface area contributed by atoms with Crippen molar-refractivity contribution in [1.29, 1.82) is 0 Å². The fourth-order valence-electron chi connectivity index (χ4n) is 3.27. The molecule has 1 heterocycles. The van der Waals surface area contributed by atoms with E-state index >= 15 is 0 Å². The number of hydrogen-bond donors (Lipinski definition) is 0. The molecule has 0 saturated heterocycles. The molecule has 2 heteroatoms. The van der Waals surface area contributed by atoms with Crippen LogP contribution in [0.1, 0.15) is 32.8 Å². The molecule has 0 bridgehead atoms. The number of para-hydroxylation sites is 1. The quantitative estimate of drug-likeness (QED) is 0.700. The van der Waals surface area contributed by atoms with Crippen LogP contribution in [0.2, 0.25) is 0 Å². The van der Waals surface area contributed by atoms with Crippen molar-refractivity contribution >= 4 is 11.6 Å². The average molecular weight is 253 g/mol. The van der Waals surface area contributed by atoms with Gasteiger partial charge in [0, 0.05) is 11.7 Å². The van der Waals surface area contributed by atoms with Gasteiger partial charge in [0.25, 0.3) is 0 Å². The van der Waals surface area contributed by atoms with Crippen LogP contribution in [0.25, 0.3) is 0 Å².